The Morgan fingerprint density at radius 1 is 1.59 bits per heavy atom. The molecular weight excluding hydrogens is 280 g/mol. The van der Waals surface area contributed by atoms with Gasteiger partial charge >= 0.3 is 0 Å². The van der Waals surface area contributed by atoms with Crippen LogP contribution < -0.4 is 4.72 Å². The predicted molar refractivity (Wildman–Crippen MR) is 71.2 cm³/mol. The van der Waals surface area contributed by atoms with Gasteiger partial charge in [0.1, 0.15) is 0 Å². The van der Waals surface area contributed by atoms with Crippen LogP contribution in [0.25, 0.3) is 0 Å². The standard InChI is InChI=1S/C10H17ClN2O2S2/c1-3-9(4-5-11)6-13-17(14,15)10-7-12-8(2)16-10/h7,9,13H,3-6H2,1-2H3. The highest BCUT2D eigenvalue weighted by atomic mass is 35.5. The van der Waals surface area contributed by atoms with Crippen LogP contribution in [-0.2, 0) is 10.0 Å². The molecule has 7 heteroatoms. The molecule has 0 aliphatic rings. The largest absolute Gasteiger partial charge is 0.251 e. The normalized spacial score (nSPS) is 13.8. The van der Waals surface area contributed by atoms with Crippen molar-refractivity contribution in [3.63, 3.8) is 0 Å². The zero-order valence-electron chi connectivity index (χ0n) is 9.94. The van der Waals surface area contributed by atoms with Crippen molar-refractivity contribution in [2.24, 2.45) is 5.92 Å². The third-order valence-electron chi connectivity index (χ3n) is 2.52. The minimum Gasteiger partial charge on any atom is -0.249 e. The van der Waals surface area contributed by atoms with E-state index in [-0.39, 0.29) is 10.1 Å². The highest BCUT2D eigenvalue weighted by Gasteiger charge is 2.18. The summed E-state index contributed by atoms with van der Waals surface area (Å²) in [6, 6.07) is 0. The Balaban J connectivity index is 2.61. The van der Waals surface area contributed by atoms with Crippen LogP contribution in [-0.4, -0.2) is 25.8 Å². The van der Waals surface area contributed by atoms with Gasteiger partial charge < -0.3 is 0 Å². The quantitative estimate of drug-likeness (QED) is 0.786. The molecule has 1 atom stereocenters. The number of nitrogens with one attached hydrogen (secondary N) is 1. The number of alkyl halides is 1. The lowest BCUT2D eigenvalue weighted by Gasteiger charge is -2.13. The van der Waals surface area contributed by atoms with Crippen molar-refractivity contribution in [2.45, 2.75) is 30.9 Å². The van der Waals surface area contributed by atoms with Gasteiger partial charge in [0.2, 0.25) is 0 Å². The summed E-state index contributed by atoms with van der Waals surface area (Å²) in [6.07, 6.45) is 3.13. The van der Waals surface area contributed by atoms with Crippen LogP contribution in [0.4, 0.5) is 0 Å². The summed E-state index contributed by atoms with van der Waals surface area (Å²) in [5, 5.41) is 0.748. The van der Waals surface area contributed by atoms with E-state index in [0.29, 0.717) is 12.4 Å². The lowest BCUT2D eigenvalue weighted by atomic mass is 10.0. The van der Waals surface area contributed by atoms with Crippen LogP contribution in [0.1, 0.15) is 24.8 Å². The minimum atomic E-state index is -3.40. The van der Waals surface area contributed by atoms with Crippen LogP contribution >= 0.6 is 22.9 Å². The van der Waals surface area contributed by atoms with Crippen molar-refractivity contribution in [1.29, 1.82) is 0 Å². The summed E-state index contributed by atoms with van der Waals surface area (Å²) in [5.74, 6) is 0.844. The second-order valence-electron chi connectivity index (χ2n) is 3.80. The molecule has 0 saturated carbocycles. The Hall–Kier alpha value is -0.170. The first-order valence-corrected chi connectivity index (χ1v) is 8.31. The zero-order chi connectivity index (χ0) is 12.9. The fraction of sp³-hybridized carbons (Fsp3) is 0.700. The first kappa shape index (κ1) is 14.9. The molecule has 0 aromatic carbocycles. The molecule has 1 heterocycles. The van der Waals surface area contributed by atoms with Crippen LogP contribution in [0.15, 0.2) is 10.4 Å². The number of aromatic nitrogens is 1. The maximum absolute atomic E-state index is 11.9. The van der Waals surface area contributed by atoms with Crippen molar-refractivity contribution in [3.8, 4) is 0 Å². The molecule has 17 heavy (non-hydrogen) atoms. The van der Waals surface area contributed by atoms with E-state index in [1.807, 2.05) is 6.92 Å². The third-order valence-corrected chi connectivity index (χ3v) is 5.54. The number of hydrogen-bond donors (Lipinski definition) is 1. The van der Waals surface area contributed by atoms with E-state index in [9.17, 15) is 8.42 Å². The van der Waals surface area contributed by atoms with Crippen molar-refractivity contribution in [2.75, 3.05) is 12.4 Å². The van der Waals surface area contributed by atoms with Crippen LogP contribution in [0, 0.1) is 12.8 Å². The monoisotopic (exact) mass is 296 g/mol. The lowest BCUT2D eigenvalue weighted by Crippen LogP contribution is -2.29. The molecule has 1 unspecified atom stereocenters. The van der Waals surface area contributed by atoms with Gasteiger partial charge in [-0.05, 0) is 19.3 Å². The van der Waals surface area contributed by atoms with E-state index in [1.54, 1.807) is 6.92 Å². The number of hydrogen-bond acceptors (Lipinski definition) is 4. The maximum Gasteiger partial charge on any atom is 0.251 e. The first-order valence-electron chi connectivity index (χ1n) is 5.47. The molecule has 0 saturated heterocycles. The second-order valence-corrected chi connectivity index (χ2v) is 7.41. The number of thiazole rings is 1. The van der Waals surface area contributed by atoms with Crippen molar-refractivity contribution < 1.29 is 8.42 Å². The van der Waals surface area contributed by atoms with Gasteiger partial charge in [-0.2, -0.15) is 0 Å². The molecule has 1 rings (SSSR count). The van der Waals surface area contributed by atoms with E-state index in [4.69, 9.17) is 11.6 Å². The maximum atomic E-state index is 11.9. The van der Waals surface area contributed by atoms with Crippen molar-refractivity contribution in [1.82, 2.24) is 9.71 Å². The highest BCUT2D eigenvalue weighted by Crippen LogP contribution is 2.18. The Kier molecular flexibility index (Phi) is 5.85. The first-order chi connectivity index (χ1) is 7.99. The fourth-order valence-corrected chi connectivity index (χ4v) is 3.95. The molecular formula is C10H17ClN2O2S2. The SMILES string of the molecule is CCC(CCCl)CNS(=O)(=O)c1cnc(C)s1. The average Bonchev–Trinajstić information content (AvgIpc) is 2.72. The molecule has 1 N–H and O–H groups in total. The van der Waals surface area contributed by atoms with Crippen LogP contribution in [0.2, 0.25) is 0 Å². The van der Waals surface area contributed by atoms with Crippen LogP contribution in [0.3, 0.4) is 0 Å². The molecule has 0 radical (unpaired) electrons. The third kappa shape index (κ3) is 4.54. The highest BCUT2D eigenvalue weighted by molar-refractivity contribution is 7.91. The smallest absolute Gasteiger partial charge is 0.249 e. The van der Waals surface area contributed by atoms with Gasteiger partial charge in [0.25, 0.3) is 10.0 Å². The van der Waals surface area contributed by atoms with Gasteiger partial charge in [-0.25, -0.2) is 18.1 Å². The van der Waals surface area contributed by atoms with Gasteiger partial charge in [-0.1, -0.05) is 13.3 Å². The lowest BCUT2D eigenvalue weighted by molar-refractivity contribution is 0.481. The van der Waals surface area contributed by atoms with E-state index in [0.717, 1.165) is 17.8 Å². The summed E-state index contributed by atoms with van der Waals surface area (Å²) in [5.41, 5.74) is 0. The number of rotatable bonds is 7. The van der Waals surface area contributed by atoms with Crippen molar-refractivity contribution in [3.05, 3.63) is 11.2 Å². The Bertz CT molecular complexity index is 445. The fourth-order valence-electron chi connectivity index (χ4n) is 1.37. The second kappa shape index (κ2) is 6.68. The molecule has 4 nitrogen and oxygen atoms in total. The topological polar surface area (TPSA) is 59.1 Å². The number of aryl methyl sites for hydroxylation is 1. The van der Waals surface area contributed by atoms with Gasteiger partial charge in [-0.3, -0.25) is 0 Å². The zero-order valence-corrected chi connectivity index (χ0v) is 12.3. The summed E-state index contributed by atoms with van der Waals surface area (Å²) >= 11 is 6.84. The van der Waals surface area contributed by atoms with E-state index in [2.05, 4.69) is 9.71 Å². The van der Waals surface area contributed by atoms with Crippen LogP contribution in [0.5, 0.6) is 0 Å². The van der Waals surface area contributed by atoms with Gasteiger partial charge in [-0.15, -0.1) is 22.9 Å². The molecule has 0 aliphatic heterocycles. The molecule has 0 bridgehead atoms. The Morgan fingerprint density at radius 2 is 2.29 bits per heavy atom. The van der Waals surface area contributed by atoms with Gasteiger partial charge in [0, 0.05) is 12.4 Å². The minimum absolute atomic E-state index is 0.274. The molecule has 0 amide bonds. The summed E-state index contributed by atoms with van der Waals surface area (Å²) in [6.45, 7) is 4.25. The molecule has 0 fully saturated rings. The number of halogens is 1. The molecule has 1 aromatic rings. The summed E-state index contributed by atoms with van der Waals surface area (Å²) in [4.78, 5) is 3.94. The number of sulfonamides is 1. The Morgan fingerprint density at radius 3 is 2.76 bits per heavy atom. The Labute approximate surface area is 111 Å². The van der Waals surface area contributed by atoms with Crippen molar-refractivity contribution >= 4 is 33.0 Å². The van der Waals surface area contributed by atoms with E-state index >= 15 is 0 Å². The van der Waals surface area contributed by atoms with E-state index < -0.39 is 10.0 Å². The number of nitrogens with zero attached hydrogens (tertiary/aromatic N) is 1. The van der Waals surface area contributed by atoms with E-state index in [1.165, 1.54) is 17.5 Å². The summed E-state index contributed by atoms with van der Waals surface area (Å²) < 4.78 is 26.7. The molecule has 0 aliphatic carbocycles. The van der Waals surface area contributed by atoms with Gasteiger partial charge in [0.05, 0.1) is 11.2 Å². The van der Waals surface area contributed by atoms with Gasteiger partial charge in [0.15, 0.2) is 4.21 Å². The average molecular weight is 297 g/mol. The predicted octanol–water partition coefficient (Wildman–Crippen LogP) is 2.38. The summed E-state index contributed by atoms with van der Waals surface area (Å²) in [7, 11) is -3.40. The molecule has 1 aromatic heterocycles. The molecule has 0 spiro atoms. The molecule has 98 valence electrons.